The first kappa shape index (κ1) is 15.3. The summed E-state index contributed by atoms with van der Waals surface area (Å²) in [4.78, 5) is 11.6. The molecule has 0 aliphatic carbocycles. The highest BCUT2D eigenvalue weighted by Crippen LogP contribution is 2.37. The van der Waals surface area contributed by atoms with Gasteiger partial charge in [-0.05, 0) is 43.3 Å². The van der Waals surface area contributed by atoms with Gasteiger partial charge >= 0.3 is 0 Å². The molecule has 0 radical (unpaired) electrons. The Balaban J connectivity index is 1.96. The first-order valence-electron chi connectivity index (χ1n) is 6.76. The van der Waals surface area contributed by atoms with Crippen molar-refractivity contribution in [2.24, 2.45) is 0 Å². The number of anilines is 2. The number of carbonyl (C=O) groups excluding carboxylic acids is 1. The lowest BCUT2D eigenvalue weighted by Crippen LogP contribution is -2.34. The van der Waals surface area contributed by atoms with E-state index in [1.54, 1.807) is 19.1 Å². The standard InChI is InChI=1S/C15H13FN2O4S/c1-9-15(19)17-14-12(3-2-4-13(14)22-9)18-23(20,21)11-7-5-10(16)6-8-11/h2-9,18H,1H3,(H,17,19). The van der Waals surface area contributed by atoms with Gasteiger partial charge in [0.15, 0.2) is 6.10 Å². The monoisotopic (exact) mass is 336 g/mol. The fourth-order valence-electron chi connectivity index (χ4n) is 2.13. The van der Waals surface area contributed by atoms with Crippen LogP contribution in [0, 0.1) is 5.82 Å². The number of carbonyl (C=O) groups is 1. The molecule has 2 N–H and O–H groups in total. The van der Waals surface area contributed by atoms with E-state index in [0.717, 1.165) is 24.3 Å². The first-order valence-corrected chi connectivity index (χ1v) is 8.24. The molecule has 0 spiro atoms. The van der Waals surface area contributed by atoms with Gasteiger partial charge in [-0.25, -0.2) is 12.8 Å². The zero-order valence-electron chi connectivity index (χ0n) is 12.0. The fourth-order valence-corrected chi connectivity index (χ4v) is 3.20. The third-order valence-corrected chi connectivity index (χ3v) is 4.70. The van der Waals surface area contributed by atoms with Gasteiger partial charge in [-0.2, -0.15) is 0 Å². The van der Waals surface area contributed by atoms with E-state index in [-0.39, 0.29) is 22.2 Å². The fraction of sp³-hybridized carbons (Fsp3) is 0.133. The summed E-state index contributed by atoms with van der Waals surface area (Å²) in [6.45, 7) is 1.59. The summed E-state index contributed by atoms with van der Waals surface area (Å²) in [5.41, 5.74) is 0.424. The predicted molar refractivity (Wildman–Crippen MR) is 82.4 cm³/mol. The average molecular weight is 336 g/mol. The molecule has 0 saturated heterocycles. The van der Waals surface area contributed by atoms with E-state index < -0.39 is 21.9 Å². The second-order valence-corrected chi connectivity index (χ2v) is 6.67. The summed E-state index contributed by atoms with van der Waals surface area (Å²) >= 11 is 0. The van der Waals surface area contributed by atoms with Crippen molar-refractivity contribution < 1.29 is 22.3 Å². The molecule has 1 aliphatic heterocycles. The predicted octanol–water partition coefficient (Wildman–Crippen LogP) is 2.35. The van der Waals surface area contributed by atoms with Gasteiger partial charge in [-0.3, -0.25) is 9.52 Å². The second kappa shape index (κ2) is 5.54. The largest absolute Gasteiger partial charge is 0.479 e. The number of hydrogen-bond donors (Lipinski definition) is 2. The second-order valence-electron chi connectivity index (χ2n) is 4.99. The molecule has 1 atom stereocenters. The number of hydrogen-bond acceptors (Lipinski definition) is 4. The smallest absolute Gasteiger partial charge is 0.265 e. The normalized spacial score (nSPS) is 17.0. The lowest BCUT2D eigenvalue weighted by atomic mass is 10.2. The van der Waals surface area contributed by atoms with Crippen LogP contribution in [-0.2, 0) is 14.8 Å². The van der Waals surface area contributed by atoms with Crippen LogP contribution in [0.2, 0.25) is 0 Å². The van der Waals surface area contributed by atoms with Gasteiger partial charge in [-0.1, -0.05) is 6.07 Å². The molecule has 6 nitrogen and oxygen atoms in total. The lowest BCUT2D eigenvalue weighted by Gasteiger charge is -2.25. The zero-order chi connectivity index (χ0) is 16.6. The van der Waals surface area contributed by atoms with Crippen molar-refractivity contribution >= 4 is 27.3 Å². The number of rotatable bonds is 3. The Labute approximate surface area is 132 Å². The van der Waals surface area contributed by atoms with E-state index in [9.17, 15) is 17.6 Å². The van der Waals surface area contributed by atoms with Gasteiger partial charge in [0.05, 0.1) is 10.6 Å². The number of sulfonamides is 1. The van der Waals surface area contributed by atoms with E-state index in [1.165, 1.54) is 6.07 Å². The van der Waals surface area contributed by atoms with Crippen molar-refractivity contribution in [1.29, 1.82) is 0 Å². The maximum absolute atomic E-state index is 12.9. The lowest BCUT2D eigenvalue weighted by molar-refractivity contribution is -0.122. The SMILES string of the molecule is CC1Oc2cccc(NS(=O)(=O)c3ccc(F)cc3)c2NC1=O. The Morgan fingerprint density at radius 3 is 2.57 bits per heavy atom. The molecule has 3 rings (SSSR count). The third kappa shape index (κ3) is 2.98. The Morgan fingerprint density at radius 2 is 1.87 bits per heavy atom. The maximum Gasteiger partial charge on any atom is 0.265 e. The minimum atomic E-state index is -3.92. The number of fused-ring (bicyclic) bond motifs is 1. The number of ether oxygens (including phenoxy) is 1. The molecule has 2 aromatic rings. The van der Waals surface area contributed by atoms with Gasteiger partial charge in [0.1, 0.15) is 17.3 Å². The highest BCUT2D eigenvalue weighted by atomic mass is 32.2. The molecule has 1 unspecified atom stereocenters. The van der Waals surface area contributed by atoms with Crippen LogP contribution in [0.1, 0.15) is 6.92 Å². The minimum Gasteiger partial charge on any atom is -0.479 e. The molecule has 0 fully saturated rings. The Morgan fingerprint density at radius 1 is 1.17 bits per heavy atom. The highest BCUT2D eigenvalue weighted by Gasteiger charge is 2.27. The van der Waals surface area contributed by atoms with Crippen LogP contribution in [0.25, 0.3) is 0 Å². The van der Waals surface area contributed by atoms with Crippen molar-refractivity contribution in [1.82, 2.24) is 0 Å². The van der Waals surface area contributed by atoms with Gasteiger partial charge < -0.3 is 10.1 Å². The molecule has 0 saturated carbocycles. The van der Waals surface area contributed by atoms with Crippen molar-refractivity contribution in [2.75, 3.05) is 10.0 Å². The molecule has 0 aromatic heterocycles. The summed E-state index contributed by atoms with van der Waals surface area (Å²) < 4.78 is 45.4. The molecule has 1 aliphatic rings. The quantitative estimate of drug-likeness (QED) is 0.901. The average Bonchev–Trinajstić information content (AvgIpc) is 2.49. The Kier molecular flexibility index (Phi) is 3.69. The topological polar surface area (TPSA) is 84.5 Å². The molecule has 23 heavy (non-hydrogen) atoms. The molecule has 0 bridgehead atoms. The van der Waals surface area contributed by atoms with Crippen LogP contribution in [0.4, 0.5) is 15.8 Å². The van der Waals surface area contributed by atoms with Crippen molar-refractivity contribution in [2.45, 2.75) is 17.9 Å². The van der Waals surface area contributed by atoms with Crippen LogP contribution in [-0.4, -0.2) is 20.4 Å². The van der Waals surface area contributed by atoms with Crippen LogP contribution in [0.5, 0.6) is 5.75 Å². The number of amides is 1. The maximum atomic E-state index is 12.9. The summed E-state index contributed by atoms with van der Waals surface area (Å²) in [7, 11) is -3.92. The van der Waals surface area contributed by atoms with Crippen LogP contribution in [0.3, 0.4) is 0 Å². The van der Waals surface area contributed by atoms with Gasteiger partial charge in [-0.15, -0.1) is 0 Å². The van der Waals surface area contributed by atoms with Crippen LogP contribution < -0.4 is 14.8 Å². The third-order valence-electron chi connectivity index (χ3n) is 3.32. The molecular formula is C15H13FN2O4S. The minimum absolute atomic E-state index is 0.0899. The molecule has 1 heterocycles. The van der Waals surface area contributed by atoms with Gasteiger partial charge in [0.2, 0.25) is 0 Å². The summed E-state index contributed by atoms with van der Waals surface area (Å²) in [6, 6.07) is 9.16. The molecule has 120 valence electrons. The van der Waals surface area contributed by atoms with E-state index >= 15 is 0 Å². The van der Waals surface area contributed by atoms with E-state index in [1.807, 2.05) is 0 Å². The van der Waals surface area contributed by atoms with Crippen molar-refractivity contribution in [3.8, 4) is 5.75 Å². The van der Waals surface area contributed by atoms with Gasteiger partial charge in [0.25, 0.3) is 15.9 Å². The van der Waals surface area contributed by atoms with E-state index in [0.29, 0.717) is 5.75 Å². The first-order chi connectivity index (χ1) is 10.9. The summed E-state index contributed by atoms with van der Waals surface area (Å²) in [5, 5.41) is 2.61. The van der Waals surface area contributed by atoms with Crippen molar-refractivity contribution in [3.63, 3.8) is 0 Å². The van der Waals surface area contributed by atoms with E-state index in [4.69, 9.17) is 4.74 Å². The molecular weight excluding hydrogens is 323 g/mol. The summed E-state index contributed by atoms with van der Waals surface area (Å²) in [5.74, 6) is -0.530. The zero-order valence-corrected chi connectivity index (χ0v) is 12.9. The number of nitrogens with one attached hydrogen (secondary N) is 2. The number of halogens is 1. The Bertz CT molecular complexity index is 866. The van der Waals surface area contributed by atoms with Crippen LogP contribution >= 0.6 is 0 Å². The number of benzene rings is 2. The van der Waals surface area contributed by atoms with Crippen LogP contribution in [0.15, 0.2) is 47.4 Å². The van der Waals surface area contributed by atoms with Crippen molar-refractivity contribution in [3.05, 3.63) is 48.3 Å². The Hall–Kier alpha value is -2.61. The van der Waals surface area contributed by atoms with Gasteiger partial charge in [0, 0.05) is 0 Å². The molecule has 2 aromatic carbocycles. The molecule has 1 amide bonds. The molecule has 8 heteroatoms. The summed E-state index contributed by atoms with van der Waals surface area (Å²) in [6.07, 6.45) is -0.661. The highest BCUT2D eigenvalue weighted by molar-refractivity contribution is 7.92. The number of para-hydroxylation sites is 1. The van der Waals surface area contributed by atoms with E-state index in [2.05, 4.69) is 10.0 Å².